The molecule has 1 heterocycles. The van der Waals surface area contributed by atoms with Crippen LogP contribution in [0.25, 0.3) is 0 Å². The van der Waals surface area contributed by atoms with E-state index in [1.807, 2.05) is 12.1 Å². The maximum Gasteiger partial charge on any atom is 0.128 e. The number of hydrogen-bond donors (Lipinski definition) is 1. The lowest BCUT2D eigenvalue weighted by molar-refractivity contribution is 0.226. The van der Waals surface area contributed by atoms with E-state index in [0.29, 0.717) is 0 Å². The first kappa shape index (κ1) is 16.6. The van der Waals surface area contributed by atoms with Crippen LogP contribution in [0.1, 0.15) is 5.56 Å². The third kappa shape index (κ3) is 4.24. The number of piperazine rings is 1. The summed E-state index contributed by atoms with van der Waals surface area (Å²) >= 11 is 3.47. The number of rotatable bonds is 4. The van der Waals surface area contributed by atoms with Crippen LogP contribution in [0.5, 0.6) is 11.5 Å². The summed E-state index contributed by atoms with van der Waals surface area (Å²) in [5.74, 6) is 1.75. The van der Waals surface area contributed by atoms with E-state index in [-0.39, 0.29) is 12.4 Å². The van der Waals surface area contributed by atoms with Gasteiger partial charge < -0.3 is 14.8 Å². The van der Waals surface area contributed by atoms with Crippen LogP contribution < -0.4 is 14.8 Å². The summed E-state index contributed by atoms with van der Waals surface area (Å²) in [5.41, 5.74) is 1.12. The van der Waals surface area contributed by atoms with Crippen LogP contribution in [-0.2, 0) is 6.54 Å². The zero-order valence-corrected chi connectivity index (χ0v) is 13.6. The van der Waals surface area contributed by atoms with Gasteiger partial charge in [0.05, 0.1) is 19.8 Å². The van der Waals surface area contributed by atoms with Crippen molar-refractivity contribution >= 4 is 28.3 Å². The Hall–Kier alpha value is -0.490. The SMILES string of the molecule is COc1cc(Br)cc(OC)c1CN1CCNCC1.Cl. The third-order valence-corrected chi connectivity index (χ3v) is 3.62. The van der Waals surface area contributed by atoms with Crippen molar-refractivity contribution in [2.24, 2.45) is 0 Å². The Morgan fingerprint density at radius 1 is 1.16 bits per heavy atom. The monoisotopic (exact) mass is 350 g/mol. The molecular formula is C13H20BrClN2O2. The van der Waals surface area contributed by atoms with Crippen LogP contribution in [0, 0.1) is 0 Å². The Bertz CT molecular complexity index is 387. The Labute approximate surface area is 129 Å². The lowest BCUT2D eigenvalue weighted by atomic mass is 10.1. The van der Waals surface area contributed by atoms with Gasteiger partial charge in [-0.2, -0.15) is 0 Å². The van der Waals surface area contributed by atoms with E-state index in [4.69, 9.17) is 9.47 Å². The molecule has 1 saturated heterocycles. The molecule has 0 radical (unpaired) electrons. The maximum absolute atomic E-state index is 5.46. The van der Waals surface area contributed by atoms with Crippen molar-refractivity contribution in [2.75, 3.05) is 40.4 Å². The van der Waals surface area contributed by atoms with Gasteiger partial charge in [-0.15, -0.1) is 12.4 Å². The van der Waals surface area contributed by atoms with Crippen LogP contribution in [-0.4, -0.2) is 45.3 Å². The molecule has 1 aromatic rings. The number of ether oxygens (including phenoxy) is 2. The molecule has 0 amide bonds. The molecule has 6 heteroatoms. The number of hydrogen-bond acceptors (Lipinski definition) is 4. The number of halogens is 2. The smallest absolute Gasteiger partial charge is 0.128 e. The predicted molar refractivity (Wildman–Crippen MR) is 82.6 cm³/mol. The van der Waals surface area contributed by atoms with Gasteiger partial charge in [-0.05, 0) is 12.1 Å². The van der Waals surface area contributed by atoms with Crippen LogP contribution in [0.15, 0.2) is 16.6 Å². The summed E-state index contributed by atoms with van der Waals surface area (Å²) in [6, 6.07) is 3.97. The summed E-state index contributed by atoms with van der Waals surface area (Å²) in [6.45, 7) is 5.06. The summed E-state index contributed by atoms with van der Waals surface area (Å²) in [6.07, 6.45) is 0. The molecule has 108 valence electrons. The number of methoxy groups -OCH3 is 2. The van der Waals surface area contributed by atoms with E-state index < -0.39 is 0 Å². The van der Waals surface area contributed by atoms with Crippen molar-refractivity contribution in [3.05, 3.63) is 22.2 Å². The molecule has 0 saturated carbocycles. The fourth-order valence-corrected chi connectivity index (χ4v) is 2.62. The normalized spacial score (nSPS) is 15.7. The van der Waals surface area contributed by atoms with Gasteiger partial charge in [0, 0.05) is 37.2 Å². The molecule has 4 nitrogen and oxygen atoms in total. The minimum Gasteiger partial charge on any atom is -0.496 e. The van der Waals surface area contributed by atoms with Crippen LogP contribution in [0.4, 0.5) is 0 Å². The quantitative estimate of drug-likeness (QED) is 0.902. The molecule has 1 aromatic carbocycles. The van der Waals surface area contributed by atoms with Crippen molar-refractivity contribution in [3.8, 4) is 11.5 Å². The lowest BCUT2D eigenvalue weighted by Gasteiger charge is -2.28. The summed E-state index contributed by atoms with van der Waals surface area (Å²) in [4.78, 5) is 2.41. The number of nitrogens with one attached hydrogen (secondary N) is 1. The highest BCUT2D eigenvalue weighted by Gasteiger charge is 2.17. The number of benzene rings is 1. The van der Waals surface area contributed by atoms with Gasteiger partial charge in [0.1, 0.15) is 11.5 Å². The zero-order chi connectivity index (χ0) is 13.0. The van der Waals surface area contributed by atoms with Gasteiger partial charge >= 0.3 is 0 Å². The second kappa shape index (κ2) is 7.94. The Balaban J connectivity index is 0.00000180. The van der Waals surface area contributed by atoms with Gasteiger partial charge in [-0.3, -0.25) is 4.90 Å². The third-order valence-electron chi connectivity index (χ3n) is 3.16. The molecule has 0 spiro atoms. The van der Waals surface area contributed by atoms with E-state index in [9.17, 15) is 0 Å². The predicted octanol–water partition coefficient (Wildman–Crippen LogP) is 2.29. The second-order valence-corrected chi connectivity index (χ2v) is 5.23. The highest BCUT2D eigenvalue weighted by molar-refractivity contribution is 9.10. The van der Waals surface area contributed by atoms with Gasteiger partial charge in [0.2, 0.25) is 0 Å². The first-order valence-electron chi connectivity index (χ1n) is 6.08. The van der Waals surface area contributed by atoms with E-state index in [2.05, 4.69) is 26.1 Å². The fraction of sp³-hybridized carbons (Fsp3) is 0.538. The topological polar surface area (TPSA) is 33.7 Å². The Kier molecular flexibility index (Phi) is 6.93. The molecular weight excluding hydrogens is 332 g/mol. The average molecular weight is 352 g/mol. The molecule has 0 unspecified atom stereocenters. The molecule has 19 heavy (non-hydrogen) atoms. The van der Waals surface area contributed by atoms with Gasteiger partial charge in [0.15, 0.2) is 0 Å². The minimum absolute atomic E-state index is 0. The van der Waals surface area contributed by atoms with Gasteiger partial charge in [-0.25, -0.2) is 0 Å². The van der Waals surface area contributed by atoms with Crippen LogP contribution >= 0.6 is 28.3 Å². The highest BCUT2D eigenvalue weighted by Crippen LogP contribution is 2.33. The molecule has 0 bridgehead atoms. The maximum atomic E-state index is 5.46. The summed E-state index contributed by atoms with van der Waals surface area (Å²) < 4.78 is 11.9. The molecule has 1 fully saturated rings. The fourth-order valence-electron chi connectivity index (χ4n) is 2.20. The second-order valence-electron chi connectivity index (χ2n) is 4.32. The molecule has 0 aromatic heterocycles. The van der Waals surface area contributed by atoms with Crippen molar-refractivity contribution in [1.82, 2.24) is 10.2 Å². The largest absolute Gasteiger partial charge is 0.496 e. The van der Waals surface area contributed by atoms with Gasteiger partial charge in [0.25, 0.3) is 0 Å². The molecule has 0 aliphatic carbocycles. The van der Waals surface area contributed by atoms with Crippen molar-refractivity contribution in [2.45, 2.75) is 6.54 Å². The summed E-state index contributed by atoms with van der Waals surface area (Å²) in [7, 11) is 3.39. The Morgan fingerprint density at radius 3 is 2.16 bits per heavy atom. The van der Waals surface area contributed by atoms with Crippen molar-refractivity contribution in [3.63, 3.8) is 0 Å². The number of nitrogens with zero attached hydrogens (tertiary/aromatic N) is 1. The van der Waals surface area contributed by atoms with Crippen LogP contribution in [0.2, 0.25) is 0 Å². The summed E-state index contributed by atoms with van der Waals surface area (Å²) in [5, 5.41) is 3.36. The lowest BCUT2D eigenvalue weighted by Crippen LogP contribution is -2.43. The molecule has 1 aliphatic rings. The molecule has 0 atom stereocenters. The van der Waals surface area contributed by atoms with Crippen molar-refractivity contribution in [1.29, 1.82) is 0 Å². The average Bonchev–Trinajstić information content (AvgIpc) is 2.41. The van der Waals surface area contributed by atoms with E-state index in [0.717, 1.165) is 54.3 Å². The first-order valence-corrected chi connectivity index (χ1v) is 6.87. The highest BCUT2D eigenvalue weighted by atomic mass is 79.9. The standard InChI is InChI=1S/C13H19BrN2O2.ClH/c1-17-12-7-10(14)8-13(18-2)11(12)9-16-5-3-15-4-6-16;/h7-8,15H,3-6,9H2,1-2H3;1H. The van der Waals surface area contributed by atoms with E-state index >= 15 is 0 Å². The van der Waals surface area contributed by atoms with Crippen molar-refractivity contribution < 1.29 is 9.47 Å². The molecule has 1 aliphatic heterocycles. The minimum atomic E-state index is 0. The molecule has 1 N–H and O–H groups in total. The first-order chi connectivity index (χ1) is 8.74. The Morgan fingerprint density at radius 2 is 1.68 bits per heavy atom. The molecule has 2 rings (SSSR count). The zero-order valence-electron chi connectivity index (χ0n) is 11.2. The van der Waals surface area contributed by atoms with Gasteiger partial charge in [-0.1, -0.05) is 15.9 Å². The van der Waals surface area contributed by atoms with E-state index in [1.165, 1.54) is 0 Å². The van der Waals surface area contributed by atoms with Crippen LogP contribution in [0.3, 0.4) is 0 Å². The van der Waals surface area contributed by atoms with E-state index in [1.54, 1.807) is 14.2 Å².